The van der Waals surface area contributed by atoms with Gasteiger partial charge in [0.25, 0.3) is 0 Å². The number of likely N-dealkylation sites (tertiary alicyclic amines) is 1. The van der Waals surface area contributed by atoms with Crippen molar-refractivity contribution in [2.75, 3.05) is 26.2 Å². The van der Waals surface area contributed by atoms with Crippen LogP contribution in [0.3, 0.4) is 0 Å². The second-order valence-electron chi connectivity index (χ2n) is 7.38. The minimum Gasteiger partial charge on any atom is -0.477 e. The van der Waals surface area contributed by atoms with Gasteiger partial charge in [-0.15, -0.1) is 11.3 Å². The van der Waals surface area contributed by atoms with Gasteiger partial charge in [-0.2, -0.15) is 13.2 Å². The van der Waals surface area contributed by atoms with Gasteiger partial charge in [0.1, 0.15) is 0 Å². The molecule has 1 spiro atoms. The number of pyridine rings is 1. The number of thiophene rings is 1. The van der Waals surface area contributed by atoms with Crippen LogP contribution in [0.2, 0.25) is 0 Å². The average Bonchev–Trinajstić information content (AvgIpc) is 3.45. The molecule has 2 aliphatic rings. The minimum atomic E-state index is -5.08. The van der Waals surface area contributed by atoms with Crippen LogP contribution in [0.4, 0.5) is 13.2 Å². The standard InChI is InChI=1S/C18H21N3O2S.C2HF3O2/c22-17-18(6-8-21(13-18)11-15-4-3-9-24-15)14(10-20-17)12-23-16-5-1-2-7-19-16;3-2(4,5)1(6)7/h1-5,7,9,14H,6,8,10-13H2,(H,20,22);(H,6,7)/t14-,18+;/m0./s1. The summed E-state index contributed by atoms with van der Waals surface area (Å²) in [4.78, 5) is 29.4. The molecule has 0 radical (unpaired) electrons. The van der Waals surface area contributed by atoms with Crippen LogP contribution in [0.15, 0.2) is 41.9 Å². The van der Waals surface area contributed by atoms with Crippen LogP contribution in [0.5, 0.6) is 5.88 Å². The summed E-state index contributed by atoms with van der Waals surface area (Å²) in [6.07, 6.45) is -2.46. The number of nitrogens with one attached hydrogen (secondary N) is 1. The molecule has 7 nitrogen and oxygen atoms in total. The third kappa shape index (κ3) is 5.73. The number of rotatable bonds is 5. The minimum absolute atomic E-state index is 0.186. The molecule has 1 amide bonds. The van der Waals surface area contributed by atoms with Crippen LogP contribution in [-0.4, -0.2) is 59.3 Å². The van der Waals surface area contributed by atoms with E-state index < -0.39 is 12.1 Å². The van der Waals surface area contributed by atoms with Crippen LogP contribution in [-0.2, 0) is 16.1 Å². The lowest BCUT2D eigenvalue weighted by Crippen LogP contribution is -2.40. The molecule has 11 heteroatoms. The van der Waals surface area contributed by atoms with Gasteiger partial charge >= 0.3 is 12.1 Å². The van der Waals surface area contributed by atoms with E-state index in [0.717, 1.165) is 26.1 Å². The average molecular weight is 457 g/mol. The maximum absolute atomic E-state index is 12.6. The number of amides is 1. The zero-order valence-corrected chi connectivity index (χ0v) is 17.3. The lowest BCUT2D eigenvalue weighted by Gasteiger charge is -2.28. The molecule has 2 aromatic heterocycles. The number of carboxylic acids is 1. The van der Waals surface area contributed by atoms with E-state index in [4.69, 9.17) is 14.6 Å². The van der Waals surface area contributed by atoms with Crippen molar-refractivity contribution in [3.8, 4) is 5.88 Å². The Balaban J connectivity index is 0.000000339. The quantitative estimate of drug-likeness (QED) is 0.718. The SMILES string of the molecule is O=C(O)C(F)(F)F.O=C1NC[C@@H](COc2ccccn2)[C@]12CCN(Cc1cccs1)C2. The van der Waals surface area contributed by atoms with Crippen molar-refractivity contribution in [1.82, 2.24) is 15.2 Å². The first-order chi connectivity index (χ1) is 14.7. The number of aromatic nitrogens is 1. The van der Waals surface area contributed by atoms with E-state index in [9.17, 15) is 18.0 Å². The van der Waals surface area contributed by atoms with E-state index in [1.54, 1.807) is 17.5 Å². The molecule has 2 fully saturated rings. The number of halogens is 3. The van der Waals surface area contributed by atoms with Gasteiger partial charge in [-0.25, -0.2) is 9.78 Å². The Bertz CT molecular complexity index is 880. The molecule has 168 valence electrons. The Kier molecular flexibility index (Phi) is 7.16. The Hall–Kier alpha value is -2.66. The third-order valence-corrected chi connectivity index (χ3v) is 6.26. The molecule has 2 saturated heterocycles. The molecule has 2 aliphatic heterocycles. The molecule has 0 aliphatic carbocycles. The molecule has 4 rings (SSSR count). The van der Waals surface area contributed by atoms with Crippen molar-refractivity contribution < 1.29 is 32.6 Å². The van der Waals surface area contributed by atoms with Crippen LogP contribution < -0.4 is 10.1 Å². The zero-order chi connectivity index (χ0) is 22.5. The second-order valence-corrected chi connectivity index (χ2v) is 8.42. The molecular weight excluding hydrogens is 435 g/mol. The van der Waals surface area contributed by atoms with Crippen LogP contribution in [0, 0.1) is 11.3 Å². The summed E-state index contributed by atoms with van der Waals surface area (Å²) in [5.41, 5.74) is -0.313. The van der Waals surface area contributed by atoms with Crippen LogP contribution >= 0.6 is 11.3 Å². The molecule has 0 unspecified atom stereocenters. The molecule has 0 saturated carbocycles. The van der Waals surface area contributed by atoms with Crippen molar-refractivity contribution in [2.24, 2.45) is 11.3 Å². The third-order valence-electron chi connectivity index (χ3n) is 5.39. The molecule has 0 bridgehead atoms. The Labute approximate surface area is 180 Å². The molecular formula is C20H22F3N3O4S. The first kappa shape index (κ1) is 23.0. The zero-order valence-electron chi connectivity index (χ0n) is 16.5. The fourth-order valence-electron chi connectivity index (χ4n) is 3.80. The number of hydrogen-bond acceptors (Lipinski definition) is 6. The normalized spacial score (nSPS) is 23.3. The highest BCUT2D eigenvalue weighted by Gasteiger charge is 2.54. The lowest BCUT2D eigenvalue weighted by molar-refractivity contribution is -0.192. The number of carbonyl (C=O) groups excluding carboxylic acids is 1. The van der Waals surface area contributed by atoms with Gasteiger partial charge in [0.05, 0.1) is 12.0 Å². The van der Waals surface area contributed by atoms with Gasteiger partial charge in [-0.3, -0.25) is 9.69 Å². The number of alkyl halides is 3. The van der Waals surface area contributed by atoms with E-state index in [-0.39, 0.29) is 17.2 Å². The Morgan fingerprint density at radius 3 is 2.74 bits per heavy atom. The number of hydrogen-bond donors (Lipinski definition) is 2. The van der Waals surface area contributed by atoms with E-state index in [0.29, 0.717) is 19.0 Å². The smallest absolute Gasteiger partial charge is 0.477 e. The highest BCUT2D eigenvalue weighted by Crippen LogP contribution is 2.42. The van der Waals surface area contributed by atoms with E-state index in [2.05, 4.69) is 32.7 Å². The van der Waals surface area contributed by atoms with Crippen molar-refractivity contribution in [3.63, 3.8) is 0 Å². The number of carbonyl (C=O) groups is 2. The van der Waals surface area contributed by atoms with Gasteiger partial charge in [0, 0.05) is 42.7 Å². The lowest BCUT2D eigenvalue weighted by atomic mass is 9.77. The van der Waals surface area contributed by atoms with Crippen molar-refractivity contribution >= 4 is 23.2 Å². The van der Waals surface area contributed by atoms with Crippen molar-refractivity contribution in [3.05, 3.63) is 46.8 Å². The first-order valence-electron chi connectivity index (χ1n) is 9.58. The monoisotopic (exact) mass is 457 g/mol. The van der Waals surface area contributed by atoms with E-state index in [1.807, 2.05) is 18.2 Å². The summed E-state index contributed by atoms with van der Waals surface area (Å²) in [5, 5.41) is 12.3. The topological polar surface area (TPSA) is 91.8 Å². The van der Waals surface area contributed by atoms with Gasteiger partial charge in [0.2, 0.25) is 11.8 Å². The van der Waals surface area contributed by atoms with Gasteiger partial charge in [0.15, 0.2) is 0 Å². The molecule has 31 heavy (non-hydrogen) atoms. The van der Waals surface area contributed by atoms with Gasteiger partial charge in [-0.1, -0.05) is 12.1 Å². The highest BCUT2D eigenvalue weighted by molar-refractivity contribution is 7.09. The number of ether oxygens (including phenoxy) is 1. The number of aliphatic carboxylic acids is 1. The second kappa shape index (κ2) is 9.65. The van der Waals surface area contributed by atoms with Gasteiger partial charge < -0.3 is 15.2 Å². The molecule has 2 atom stereocenters. The molecule has 0 aromatic carbocycles. The fourth-order valence-corrected chi connectivity index (χ4v) is 4.55. The summed E-state index contributed by atoms with van der Waals surface area (Å²) >= 11 is 1.77. The van der Waals surface area contributed by atoms with Crippen LogP contribution in [0.1, 0.15) is 11.3 Å². The summed E-state index contributed by atoms with van der Waals surface area (Å²) in [7, 11) is 0. The Morgan fingerprint density at radius 2 is 2.13 bits per heavy atom. The Morgan fingerprint density at radius 1 is 1.35 bits per heavy atom. The summed E-state index contributed by atoms with van der Waals surface area (Å²) in [6, 6.07) is 9.88. The summed E-state index contributed by atoms with van der Waals surface area (Å²) in [6.45, 7) is 3.93. The van der Waals surface area contributed by atoms with Crippen molar-refractivity contribution in [1.29, 1.82) is 0 Å². The first-order valence-corrected chi connectivity index (χ1v) is 10.5. The predicted octanol–water partition coefficient (Wildman–Crippen LogP) is 2.79. The highest BCUT2D eigenvalue weighted by atomic mass is 32.1. The number of nitrogens with zero attached hydrogens (tertiary/aromatic N) is 2. The molecule has 2 N–H and O–H groups in total. The molecule has 2 aromatic rings. The van der Waals surface area contributed by atoms with E-state index >= 15 is 0 Å². The molecule has 4 heterocycles. The largest absolute Gasteiger partial charge is 0.490 e. The van der Waals surface area contributed by atoms with Crippen LogP contribution in [0.25, 0.3) is 0 Å². The van der Waals surface area contributed by atoms with E-state index in [1.165, 1.54) is 4.88 Å². The van der Waals surface area contributed by atoms with Crippen molar-refractivity contribution in [2.45, 2.75) is 19.1 Å². The maximum atomic E-state index is 12.6. The maximum Gasteiger partial charge on any atom is 0.490 e. The summed E-state index contributed by atoms with van der Waals surface area (Å²) in [5.74, 6) is -1.75. The summed E-state index contributed by atoms with van der Waals surface area (Å²) < 4.78 is 37.6. The fraction of sp³-hybridized carbons (Fsp3) is 0.450. The predicted molar refractivity (Wildman–Crippen MR) is 107 cm³/mol. The van der Waals surface area contributed by atoms with Gasteiger partial charge in [-0.05, 0) is 30.5 Å². The number of carboxylic acid groups (broad SMARTS) is 1.